The van der Waals surface area contributed by atoms with Crippen LogP contribution in [0.2, 0.25) is 0 Å². The number of halogens is 1. The molecule has 0 saturated heterocycles. The number of non-ortho nitro benzene ring substituents is 1. The monoisotopic (exact) mass is 282 g/mol. The molecular formula is C13H15ClN2O3. The molecule has 102 valence electrons. The van der Waals surface area contributed by atoms with Crippen LogP contribution >= 0.6 is 11.6 Å². The van der Waals surface area contributed by atoms with Crippen LogP contribution in [0.4, 0.5) is 5.69 Å². The smallest absolute Gasteiger partial charge is 0.270 e. The van der Waals surface area contributed by atoms with E-state index >= 15 is 0 Å². The standard InChI is InChI=1S/C13H15ClN2O3/c14-12-6-2-4-10(12)8-15-13(17)9-3-1-5-11(7-9)16(18)19/h1,3,5,7,10,12H,2,4,6,8H2,(H,15,17). The van der Waals surface area contributed by atoms with Crippen molar-refractivity contribution in [2.45, 2.75) is 24.6 Å². The predicted molar refractivity (Wildman–Crippen MR) is 72.4 cm³/mol. The zero-order valence-corrected chi connectivity index (χ0v) is 11.1. The molecule has 2 unspecified atom stereocenters. The molecule has 1 N–H and O–H groups in total. The molecular weight excluding hydrogens is 268 g/mol. The van der Waals surface area contributed by atoms with Crippen molar-refractivity contribution in [3.8, 4) is 0 Å². The number of hydrogen-bond acceptors (Lipinski definition) is 3. The molecule has 0 radical (unpaired) electrons. The number of nitro groups is 1. The van der Waals surface area contributed by atoms with Gasteiger partial charge in [-0.05, 0) is 24.8 Å². The quantitative estimate of drug-likeness (QED) is 0.524. The molecule has 2 atom stereocenters. The molecule has 0 aromatic heterocycles. The van der Waals surface area contributed by atoms with Crippen LogP contribution in [0, 0.1) is 16.0 Å². The second-order valence-electron chi connectivity index (χ2n) is 4.72. The summed E-state index contributed by atoms with van der Waals surface area (Å²) in [5, 5.41) is 13.5. The van der Waals surface area contributed by atoms with Crippen LogP contribution in [0.5, 0.6) is 0 Å². The minimum Gasteiger partial charge on any atom is -0.352 e. The molecule has 0 spiro atoms. The summed E-state index contributed by atoms with van der Waals surface area (Å²) in [6.07, 6.45) is 3.09. The van der Waals surface area contributed by atoms with Gasteiger partial charge in [0.1, 0.15) is 0 Å². The summed E-state index contributed by atoms with van der Waals surface area (Å²) in [4.78, 5) is 22.0. The molecule has 6 heteroatoms. The Hall–Kier alpha value is -1.62. The highest BCUT2D eigenvalue weighted by molar-refractivity contribution is 6.21. The number of hydrogen-bond donors (Lipinski definition) is 1. The van der Waals surface area contributed by atoms with E-state index in [1.165, 1.54) is 18.2 Å². The molecule has 5 nitrogen and oxygen atoms in total. The zero-order valence-electron chi connectivity index (χ0n) is 10.3. The SMILES string of the molecule is O=C(NCC1CCCC1Cl)c1cccc([N+](=O)[O-])c1. The number of rotatable bonds is 4. The fraction of sp³-hybridized carbons (Fsp3) is 0.462. The van der Waals surface area contributed by atoms with Gasteiger partial charge in [-0.15, -0.1) is 11.6 Å². The van der Waals surface area contributed by atoms with E-state index in [1.54, 1.807) is 6.07 Å². The minimum atomic E-state index is -0.511. The Bertz CT molecular complexity index is 493. The van der Waals surface area contributed by atoms with E-state index in [4.69, 9.17) is 11.6 Å². The first-order valence-corrected chi connectivity index (χ1v) is 6.68. The number of alkyl halides is 1. The first kappa shape index (κ1) is 13.8. The maximum atomic E-state index is 11.9. The van der Waals surface area contributed by atoms with Crippen molar-refractivity contribution in [1.82, 2.24) is 5.32 Å². The summed E-state index contributed by atoms with van der Waals surface area (Å²) in [5.74, 6) is 0.00350. The number of nitrogens with zero attached hydrogens (tertiary/aromatic N) is 1. The zero-order chi connectivity index (χ0) is 13.8. The van der Waals surface area contributed by atoms with Crippen LogP contribution < -0.4 is 5.32 Å². The van der Waals surface area contributed by atoms with Crippen LogP contribution in [0.15, 0.2) is 24.3 Å². The van der Waals surface area contributed by atoms with Gasteiger partial charge in [-0.1, -0.05) is 12.5 Å². The van der Waals surface area contributed by atoms with E-state index in [0.717, 1.165) is 19.3 Å². The largest absolute Gasteiger partial charge is 0.352 e. The Morgan fingerprint density at radius 1 is 1.47 bits per heavy atom. The van der Waals surface area contributed by atoms with Crippen molar-refractivity contribution in [3.05, 3.63) is 39.9 Å². The van der Waals surface area contributed by atoms with Gasteiger partial charge in [0.15, 0.2) is 0 Å². The van der Waals surface area contributed by atoms with Gasteiger partial charge in [0.2, 0.25) is 0 Å². The Morgan fingerprint density at radius 2 is 2.26 bits per heavy atom. The molecule has 0 aliphatic heterocycles. The summed E-state index contributed by atoms with van der Waals surface area (Å²) >= 11 is 6.13. The molecule has 1 aliphatic rings. The second kappa shape index (κ2) is 6.02. The number of carbonyl (C=O) groups is 1. The van der Waals surface area contributed by atoms with Gasteiger partial charge >= 0.3 is 0 Å². The van der Waals surface area contributed by atoms with Crippen LogP contribution in [0.3, 0.4) is 0 Å². The third kappa shape index (κ3) is 3.44. The molecule has 1 fully saturated rings. The fourth-order valence-corrected chi connectivity index (χ4v) is 2.68. The lowest BCUT2D eigenvalue weighted by molar-refractivity contribution is -0.384. The Kier molecular flexibility index (Phi) is 4.37. The summed E-state index contributed by atoms with van der Waals surface area (Å²) in [6.45, 7) is 0.524. The number of amides is 1. The average Bonchev–Trinajstić information content (AvgIpc) is 2.81. The summed E-state index contributed by atoms with van der Waals surface area (Å²) in [5.41, 5.74) is 0.224. The molecule has 2 rings (SSSR count). The fourth-order valence-electron chi connectivity index (χ4n) is 2.31. The minimum absolute atomic E-state index is 0.0799. The van der Waals surface area contributed by atoms with Gasteiger partial charge in [-0.2, -0.15) is 0 Å². The van der Waals surface area contributed by atoms with Gasteiger partial charge in [0.05, 0.1) is 4.92 Å². The molecule has 0 bridgehead atoms. The Labute approximate surface area is 116 Å². The normalized spacial score (nSPS) is 22.2. The van der Waals surface area contributed by atoms with Crippen molar-refractivity contribution in [1.29, 1.82) is 0 Å². The number of nitrogens with one attached hydrogen (secondary N) is 1. The lowest BCUT2D eigenvalue weighted by atomic mass is 10.1. The van der Waals surface area contributed by atoms with Gasteiger partial charge in [-0.25, -0.2) is 0 Å². The summed E-state index contributed by atoms with van der Waals surface area (Å²) < 4.78 is 0. The third-order valence-electron chi connectivity index (χ3n) is 3.41. The molecule has 1 saturated carbocycles. The maximum Gasteiger partial charge on any atom is 0.270 e. The predicted octanol–water partition coefficient (Wildman–Crippen LogP) is 2.73. The summed E-state index contributed by atoms with van der Waals surface area (Å²) in [7, 11) is 0. The van der Waals surface area contributed by atoms with E-state index in [0.29, 0.717) is 18.0 Å². The number of benzene rings is 1. The van der Waals surface area contributed by atoms with E-state index < -0.39 is 4.92 Å². The molecule has 19 heavy (non-hydrogen) atoms. The van der Waals surface area contributed by atoms with Gasteiger partial charge < -0.3 is 5.32 Å². The van der Waals surface area contributed by atoms with Crippen molar-refractivity contribution >= 4 is 23.2 Å². The highest BCUT2D eigenvalue weighted by Crippen LogP contribution is 2.29. The number of nitro benzene ring substituents is 1. The van der Waals surface area contributed by atoms with Crippen molar-refractivity contribution in [2.75, 3.05) is 6.54 Å². The van der Waals surface area contributed by atoms with Crippen LogP contribution in [0.25, 0.3) is 0 Å². The van der Waals surface area contributed by atoms with Crippen LogP contribution in [0.1, 0.15) is 29.6 Å². The molecule has 1 amide bonds. The van der Waals surface area contributed by atoms with Gasteiger partial charge in [0, 0.05) is 29.6 Å². The highest BCUT2D eigenvalue weighted by atomic mass is 35.5. The first-order valence-electron chi connectivity index (χ1n) is 6.24. The van der Waals surface area contributed by atoms with Crippen molar-refractivity contribution in [2.24, 2.45) is 5.92 Å². The topological polar surface area (TPSA) is 72.2 Å². The summed E-state index contributed by atoms with van der Waals surface area (Å²) in [6, 6.07) is 5.72. The van der Waals surface area contributed by atoms with E-state index in [9.17, 15) is 14.9 Å². The van der Waals surface area contributed by atoms with Crippen molar-refractivity contribution in [3.63, 3.8) is 0 Å². The third-order valence-corrected chi connectivity index (χ3v) is 3.98. The molecule has 1 aromatic rings. The molecule has 0 heterocycles. The Balaban J connectivity index is 1.96. The van der Waals surface area contributed by atoms with Crippen LogP contribution in [-0.2, 0) is 0 Å². The highest BCUT2D eigenvalue weighted by Gasteiger charge is 2.25. The lowest BCUT2D eigenvalue weighted by Gasteiger charge is -2.14. The average molecular weight is 283 g/mol. The Morgan fingerprint density at radius 3 is 2.89 bits per heavy atom. The van der Waals surface area contributed by atoms with E-state index in [1.807, 2.05) is 0 Å². The molecule has 1 aromatic carbocycles. The van der Waals surface area contributed by atoms with E-state index in [-0.39, 0.29) is 17.0 Å². The van der Waals surface area contributed by atoms with Gasteiger partial charge in [0.25, 0.3) is 11.6 Å². The van der Waals surface area contributed by atoms with Crippen molar-refractivity contribution < 1.29 is 9.72 Å². The van der Waals surface area contributed by atoms with E-state index in [2.05, 4.69) is 5.32 Å². The lowest BCUT2D eigenvalue weighted by Crippen LogP contribution is -2.31. The number of carbonyl (C=O) groups excluding carboxylic acids is 1. The van der Waals surface area contributed by atoms with Crippen LogP contribution in [-0.4, -0.2) is 22.8 Å². The van der Waals surface area contributed by atoms with Gasteiger partial charge in [-0.3, -0.25) is 14.9 Å². The molecule has 1 aliphatic carbocycles. The maximum absolute atomic E-state index is 11.9. The first-order chi connectivity index (χ1) is 9.08. The second-order valence-corrected chi connectivity index (χ2v) is 5.29.